The Balaban J connectivity index is 2.05. The molecule has 1 aliphatic rings. The van der Waals surface area contributed by atoms with E-state index >= 15 is 0 Å². The van der Waals surface area contributed by atoms with Crippen LogP contribution in [0, 0.1) is 10.1 Å². The highest BCUT2D eigenvalue weighted by Gasteiger charge is 2.32. The average Bonchev–Trinajstić information content (AvgIpc) is 2.61. The van der Waals surface area contributed by atoms with Gasteiger partial charge in [0.2, 0.25) is 0 Å². The zero-order chi connectivity index (χ0) is 18.4. The lowest BCUT2D eigenvalue weighted by molar-refractivity contribution is -0.954. The summed E-state index contributed by atoms with van der Waals surface area (Å²) in [5.41, 5.74) is 0.491. The Morgan fingerprint density at radius 2 is 2.04 bits per heavy atom. The summed E-state index contributed by atoms with van der Waals surface area (Å²) in [7, 11) is 0. The highest BCUT2D eigenvalue weighted by Crippen LogP contribution is 2.25. The van der Waals surface area contributed by atoms with Crippen LogP contribution in [0.2, 0.25) is 0 Å². The number of carbonyl (C=O) groups is 1. The molecule has 1 aromatic rings. The lowest BCUT2D eigenvalue weighted by atomic mass is 10.0. The Labute approximate surface area is 147 Å². The summed E-state index contributed by atoms with van der Waals surface area (Å²) in [6.45, 7) is 10.4. The summed E-state index contributed by atoms with van der Waals surface area (Å²) in [5, 5.41) is 17.1. The van der Waals surface area contributed by atoms with Crippen LogP contribution in [0.4, 0.5) is 11.4 Å². The highest BCUT2D eigenvalue weighted by atomic mass is 16.6. The van der Waals surface area contributed by atoms with E-state index in [1.807, 2.05) is 6.92 Å². The second kappa shape index (κ2) is 8.26. The van der Waals surface area contributed by atoms with Crippen LogP contribution >= 0.6 is 0 Å². The summed E-state index contributed by atoms with van der Waals surface area (Å²) in [5.74, 6) is -0.299. The van der Waals surface area contributed by atoms with Crippen LogP contribution in [0.3, 0.4) is 0 Å². The van der Waals surface area contributed by atoms with E-state index in [0.717, 1.165) is 26.3 Å². The maximum absolute atomic E-state index is 12.4. The number of amides is 1. The number of carbonyl (C=O) groups excluding carboxylic acids is 1. The van der Waals surface area contributed by atoms with Crippen LogP contribution in [0.25, 0.3) is 0 Å². The first-order valence-corrected chi connectivity index (χ1v) is 8.58. The van der Waals surface area contributed by atoms with Crippen molar-refractivity contribution in [3.63, 3.8) is 0 Å². The van der Waals surface area contributed by atoms with Gasteiger partial charge in [0.25, 0.3) is 11.6 Å². The molecule has 0 radical (unpaired) electrons. The third-order valence-electron chi connectivity index (χ3n) is 4.57. The van der Waals surface area contributed by atoms with E-state index in [2.05, 4.69) is 24.5 Å². The zero-order valence-electron chi connectivity index (χ0n) is 15.1. The second-order valence-corrected chi connectivity index (χ2v) is 6.80. The molecule has 138 valence electrons. The first-order valence-electron chi connectivity index (χ1n) is 8.58. The van der Waals surface area contributed by atoms with Crippen molar-refractivity contribution in [1.82, 2.24) is 5.32 Å². The highest BCUT2D eigenvalue weighted by molar-refractivity contribution is 5.95. The average molecular weight is 351 g/mol. The summed E-state index contributed by atoms with van der Waals surface area (Å²) >= 11 is 0. The van der Waals surface area contributed by atoms with Crippen LogP contribution in [0.1, 0.15) is 31.1 Å². The van der Waals surface area contributed by atoms with Gasteiger partial charge >= 0.3 is 0 Å². The third-order valence-corrected chi connectivity index (χ3v) is 4.57. The molecule has 1 amide bonds. The zero-order valence-corrected chi connectivity index (χ0v) is 15.1. The molecule has 3 N–H and O–H groups in total. The van der Waals surface area contributed by atoms with Gasteiger partial charge < -0.3 is 20.3 Å². The lowest BCUT2D eigenvalue weighted by Gasteiger charge is -2.37. The molecule has 1 aliphatic heterocycles. The lowest BCUT2D eigenvalue weighted by Crippen LogP contribution is -3.22. The maximum atomic E-state index is 12.4. The number of hydrogen-bond acceptors (Lipinski definition) is 5. The monoisotopic (exact) mass is 351 g/mol. The molecular formula is C17H27N4O4+. The molecule has 0 aliphatic carbocycles. The van der Waals surface area contributed by atoms with E-state index in [9.17, 15) is 14.9 Å². The third kappa shape index (κ3) is 4.90. The standard InChI is InChI=1S/C17H26N4O4/c1-4-18-14-6-5-13(11-15(14)21(23)24)16(22)19-12-17(2,3)20-7-9-25-10-8-20/h5-6,11,18H,4,7-10,12H2,1-3H3,(H,19,22)/p+1. The van der Waals surface area contributed by atoms with Crippen molar-refractivity contribution in [2.75, 3.05) is 44.7 Å². The Morgan fingerprint density at radius 3 is 2.64 bits per heavy atom. The van der Waals surface area contributed by atoms with Crippen LogP contribution in [0.5, 0.6) is 0 Å². The minimum Gasteiger partial charge on any atom is -0.380 e. The molecule has 25 heavy (non-hydrogen) atoms. The minimum absolute atomic E-state index is 0.0902. The molecule has 1 aromatic carbocycles. The normalized spacial score (nSPS) is 15.6. The predicted octanol–water partition coefficient (Wildman–Crippen LogP) is 0.450. The molecule has 1 fully saturated rings. The van der Waals surface area contributed by atoms with Gasteiger partial charge in [0.15, 0.2) is 0 Å². The molecule has 0 spiro atoms. The van der Waals surface area contributed by atoms with Crippen molar-refractivity contribution in [3.8, 4) is 0 Å². The van der Waals surface area contributed by atoms with Crippen molar-refractivity contribution in [2.45, 2.75) is 26.3 Å². The van der Waals surface area contributed by atoms with Crippen molar-refractivity contribution in [1.29, 1.82) is 0 Å². The quantitative estimate of drug-likeness (QED) is 0.489. The number of benzene rings is 1. The molecule has 1 heterocycles. The first-order chi connectivity index (χ1) is 11.8. The molecule has 0 bridgehead atoms. The van der Waals surface area contributed by atoms with E-state index in [1.165, 1.54) is 11.0 Å². The van der Waals surface area contributed by atoms with E-state index in [0.29, 0.717) is 24.3 Å². The number of anilines is 1. The fourth-order valence-electron chi connectivity index (χ4n) is 2.99. The fourth-order valence-corrected chi connectivity index (χ4v) is 2.99. The number of ether oxygens (including phenoxy) is 1. The van der Waals surface area contributed by atoms with E-state index in [1.54, 1.807) is 12.1 Å². The van der Waals surface area contributed by atoms with Crippen molar-refractivity contribution in [2.24, 2.45) is 0 Å². The molecule has 8 heteroatoms. The molecular weight excluding hydrogens is 324 g/mol. The summed E-state index contributed by atoms with van der Waals surface area (Å²) in [6, 6.07) is 4.51. The molecule has 0 atom stereocenters. The molecule has 0 unspecified atom stereocenters. The number of hydrogen-bond donors (Lipinski definition) is 3. The van der Waals surface area contributed by atoms with E-state index < -0.39 is 4.92 Å². The van der Waals surface area contributed by atoms with Crippen molar-refractivity contribution < 1.29 is 19.4 Å². The van der Waals surface area contributed by atoms with Crippen LogP contribution in [-0.4, -0.2) is 55.8 Å². The van der Waals surface area contributed by atoms with Gasteiger partial charge in [-0.3, -0.25) is 14.9 Å². The van der Waals surface area contributed by atoms with Crippen molar-refractivity contribution in [3.05, 3.63) is 33.9 Å². The summed E-state index contributed by atoms with van der Waals surface area (Å²) in [6.07, 6.45) is 0. The number of morpholine rings is 1. The van der Waals surface area contributed by atoms with Gasteiger partial charge in [-0.05, 0) is 32.9 Å². The Morgan fingerprint density at radius 1 is 1.36 bits per heavy atom. The smallest absolute Gasteiger partial charge is 0.293 e. The SMILES string of the molecule is CCNc1ccc(C(=O)NCC(C)(C)[NH+]2CCOCC2)cc1[N+](=O)[O-]. The van der Waals surface area contributed by atoms with Gasteiger partial charge in [-0.25, -0.2) is 0 Å². The Kier molecular flexibility index (Phi) is 6.33. The second-order valence-electron chi connectivity index (χ2n) is 6.80. The number of nitrogens with zero attached hydrogens (tertiary/aromatic N) is 1. The molecule has 0 aromatic heterocycles. The molecule has 0 saturated carbocycles. The topological polar surface area (TPSA) is 97.9 Å². The maximum Gasteiger partial charge on any atom is 0.293 e. The molecule has 8 nitrogen and oxygen atoms in total. The number of quaternary nitrogens is 1. The van der Waals surface area contributed by atoms with Gasteiger partial charge in [0, 0.05) is 18.2 Å². The summed E-state index contributed by atoms with van der Waals surface area (Å²) < 4.78 is 5.38. The largest absolute Gasteiger partial charge is 0.380 e. The molecule has 1 saturated heterocycles. The van der Waals surface area contributed by atoms with Gasteiger partial charge in [-0.15, -0.1) is 0 Å². The van der Waals surface area contributed by atoms with E-state index in [4.69, 9.17) is 4.74 Å². The number of nitro benzene ring substituents is 1. The number of nitrogens with one attached hydrogen (secondary N) is 3. The fraction of sp³-hybridized carbons (Fsp3) is 0.588. The van der Waals surface area contributed by atoms with Gasteiger partial charge in [-0.2, -0.15) is 0 Å². The van der Waals surface area contributed by atoms with Crippen LogP contribution in [-0.2, 0) is 4.74 Å². The Bertz CT molecular complexity index is 627. The van der Waals surface area contributed by atoms with Crippen molar-refractivity contribution >= 4 is 17.3 Å². The van der Waals surface area contributed by atoms with Gasteiger partial charge in [0.1, 0.15) is 24.3 Å². The molecule has 2 rings (SSSR count). The first kappa shape index (κ1) is 19.1. The minimum atomic E-state index is -0.476. The van der Waals surface area contributed by atoms with Crippen LogP contribution in [0.15, 0.2) is 18.2 Å². The van der Waals surface area contributed by atoms with Crippen LogP contribution < -0.4 is 15.5 Å². The summed E-state index contributed by atoms with van der Waals surface area (Å²) in [4.78, 5) is 24.6. The van der Waals surface area contributed by atoms with Gasteiger partial charge in [0.05, 0.1) is 24.7 Å². The number of rotatable bonds is 7. The number of nitro groups is 1. The predicted molar refractivity (Wildman–Crippen MR) is 95.2 cm³/mol. The van der Waals surface area contributed by atoms with E-state index in [-0.39, 0.29) is 17.1 Å². The Hall–Kier alpha value is -2.19. The van der Waals surface area contributed by atoms with Gasteiger partial charge in [-0.1, -0.05) is 0 Å².